The van der Waals surface area contributed by atoms with Crippen molar-refractivity contribution in [2.24, 2.45) is 17.1 Å². The van der Waals surface area contributed by atoms with Crippen LogP contribution < -0.4 is 20.4 Å². The Morgan fingerprint density at radius 2 is 1.88 bits per heavy atom. The van der Waals surface area contributed by atoms with E-state index in [0.717, 1.165) is 11.3 Å². The highest BCUT2D eigenvalue weighted by molar-refractivity contribution is 7.07. The summed E-state index contributed by atoms with van der Waals surface area (Å²) in [6.07, 6.45) is 1.61. The summed E-state index contributed by atoms with van der Waals surface area (Å²) in [7, 11) is 1.82. The van der Waals surface area contributed by atoms with Gasteiger partial charge in [0.25, 0.3) is 11.5 Å². The Bertz CT molecular complexity index is 1910. The van der Waals surface area contributed by atoms with Crippen molar-refractivity contribution in [1.82, 2.24) is 14.0 Å². The molecule has 1 aliphatic rings. The Hall–Kier alpha value is -5.16. The van der Waals surface area contributed by atoms with E-state index < -0.39 is 0 Å². The maximum Gasteiger partial charge on any atom is 0.297 e. The van der Waals surface area contributed by atoms with Gasteiger partial charge in [-0.2, -0.15) is 5.10 Å². The van der Waals surface area contributed by atoms with Gasteiger partial charge in [0.05, 0.1) is 29.0 Å². The fraction of sp³-hybridized carbons (Fsp3) is 0.103. The van der Waals surface area contributed by atoms with Crippen LogP contribution in [0.25, 0.3) is 16.9 Å². The Morgan fingerprint density at radius 1 is 1.05 bits per heavy atom. The number of thiazole rings is 1. The van der Waals surface area contributed by atoms with Crippen molar-refractivity contribution in [1.29, 1.82) is 0 Å². The number of anilines is 1. The minimum atomic E-state index is -0.252. The van der Waals surface area contributed by atoms with Gasteiger partial charge < -0.3 is 15.2 Å². The number of benzene rings is 3. The van der Waals surface area contributed by atoms with E-state index in [4.69, 9.17) is 9.73 Å². The number of para-hydroxylation sites is 1. The lowest BCUT2D eigenvalue weighted by atomic mass is 10.1. The first-order chi connectivity index (χ1) is 19.4. The van der Waals surface area contributed by atoms with Gasteiger partial charge in [-0.3, -0.25) is 14.3 Å². The minimum Gasteiger partial charge on any atom is -0.508 e. The zero-order valence-corrected chi connectivity index (χ0v) is 22.4. The molecule has 11 heteroatoms. The van der Waals surface area contributed by atoms with E-state index in [1.54, 1.807) is 44.5 Å². The molecule has 5 aromatic rings. The highest BCUT2D eigenvalue weighted by Crippen LogP contribution is 2.33. The number of phenolic OH excluding ortho intramolecular Hbond substituents is 1. The van der Waals surface area contributed by atoms with Gasteiger partial charge >= 0.3 is 0 Å². The number of aromatic hydroxyl groups is 1. The van der Waals surface area contributed by atoms with E-state index in [0.29, 0.717) is 38.9 Å². The summed E-state index contributed by atoms with van der Waals surface area (Å²) >= 11 is 1.33. The number of aromatic nitrogens is 3. The SMILES string of the molecule is Cc1c(N=c2scc(-c3ccc4c(c3)NC(=O)CO4)n2/N=C\c2cccc(O)c2)c(=O)n(-c2ccccc2)n1C. The number of phenols is 1. The molecule has 6 rings (SSSR count). The third kappa shape index (κ3) is 4.63. The number of hydrogen-bond acceptors (Lipinski definition) is 7. The third-order valence-corrected chi connectivity index (χ3v) is 7.33. The van der Waals surface area contributed by atoms with Crippen molar-refractivity contribution in [2.45, 2.75) is 6.92 Å². The average Bonchev–Trinajstić information content (AvgIpc) is 3.45. The summed E-state index contributed by atoms with van der Waals surface area (Å²) in [4.78, 5) is 30.7. The van der Waals surface area contributed by atoms with Crippen molar-refractivity contribution in [2.75, 3.05) is 11.9 Å². The monoisotopic (exact) mass is 552 g/mol. The van der Waals surface area contributed by atoms with Crippen LogP contribution in [-0.4, -0.2) is 37.9 Å². The second kappa shape index (κ2) is 10.2. The molecule has 40 heavy (non-hydrogen) atoms. The third-order valence-electron chi connectivity index (χ3n) is 6.52. The van der Waals surface area contributed by atoms with E-state index >= 15 is 0 Å². The first-order valence-electron chi connectivity index (χ1n) is 12.4. The van der Waals surface area contributed by atoms with Crippen molar-refractivity contribution < 1.29 is 14.6 Å². The predicted molar refractivity (Wildman–Crippen MR) is 154 cm³/mol. The molecule has 2 N–H and O–H groups in total. The summed E-state index contributed by atoms with van der Waals surface area (Å²) in [5.74, 6) is 0.477. The molecule has 3 heterocycles. The van der Waals surface area contributed by atoms with Crippen LogP contribution in [0, 0.1) is 6.92 Å². The molecule has 3 aromatic carbocycles. The van der Waals surface area contributed by atoms with Gasteiger partial charge in [-0.25, -0.2) is 14.4 Å². The number of ether oxygens (including phenoxy) is 1. The van der Waals surface area contributed by atoms with Crippen molar-refractivity contribution in [3.05, 3.63) is 105 Å². The van der Waals surface area contributed by atoms with Crippen molar-refractivity contribution in [3.8, 4) is 28.4 Å². The molecule has 0 atom stereocenters. The highest BCUT2D eigenvalue weighted by atomic mass is 32.1. The zero-order chi connectivity index (χ0) is 27.8. The van der Waals surface area contributed by atoms with Gasteiger partial charge in [-0.1, -0.05) is 30.3 Å². The molecule has 200 valence electrons. The molecular formula is C29H24N6O4S. The van der Waals surface area contributed by atoms with Crippen LogP contribution in [0.1, 0.15) is 11.3 Å². The zero-order valence-electron chi connectivity index (χ0n) is 21.6. The van der Waals surface area contributed by atoms with Crippen LogP contribution in [0.4, 0.5) is 11.4 Å². The topological polar surface area (TPSA) is 115 Å². The van der Waals surface area contributed by atoms with Crippen molar-refractivity contribution in [3.63, 3.8) is 0 Å². The number of carbonyl (C=O) groups excluding carboxylic acids is 1. The number of nitrogens with zero attached hydrogens (tertiary/aromatic N) is 5. The minimum absolute atomic E-state index is 0.0288. The Kier molecular flexibility index (Phi) is 6.40. The molecule has 1 aliphatic heterocycles. The van der Waals surface area contributed by atoms with E-state index in [1.807, 2.05) is 67.9 Å². The summed E-state index contributed by atoms with van der Waals surface area (Å²) in [6, 6.07) is 21.6. The summed E-state index contributed by atoms with van der Waals surface area (Å²) in [6.45, 7) is 1.82. The Morgan fingerprint density at radius 3 is 2.67 bits per heavy atom. The van der Waals surface area contributed by atoms with Crippen LogP contribution in [-0.2, 0) is 11.8 Å². The number of hydrogen-bond donors (Lipinski definition) is 2. The highest BCUT2D eigenvalue weighted by Gasteiger charge is 2.19. The summed E-state index contributed by atoms with van der Waals surface area (Å²) < 4.78 is 10.5. The predicted octanol–water partition coefficient (Wildman–Crippen LogP) is 4.17. The molecule has 0 fully saturated rings. The molecule has 1 amide bonds. The Balaban J connectivity index is 1.52. The number of rotatable bonds is 5. The average molecular weight is 553 g/mol. The maximum absolute atomic E-state index is 13.5. The van der Waals surface area contributed by atoms with E-state index in [2.05, 4.69) is 10.4 Å². The van der Waals surface area contributed by atoms with Gasteiger partial charge in [0.1, 0.15) is 11.5 Å². The molecule has 0 saturated heterocycles. The molecular weight excluding hydrogens is 528 g/mol. The van der Waals surface area contributed by atoms with E-state index in [-0.39, 0.29) is 23.8 Å². The van der Waals surface area contributed by atoms with Crippen LogP contribution in [0.15, 0.2) is 93.1 Å². The maximum atomic E-state index is 13.5. The van der Waals surface area contributed by atoms with Crippen LogP contribution in [0.5, 0.6) is 11.5 Å². The van der Waals surface area contributed by atoms with Gasteiger partial charge in [0.2, 0.25) is 4.80 Å². The van der Waals surface area contributed by atoms with Gasteiger partial charge in [-0.05, 0) is 55.0 Å². The Labute approximate surface area is 232 Å². The second-order valence-electron chi connectivity index (χ2n) is 9.12. The number of amides is 1. The first-order valence-corrected chi connectivity index (χ1v) is 13.3. The van der Waals surface area contributed by atoms with Gasteiger partial charge in [0, 0.05) is 18.0 Å². The molecule has 0 bridgehead atoms. The molecule has 0 radical (unpaired) electrons. The van der Waals surface area contributed by atoms with Crippen LogP contribution >= 0.6 is 11.3 Å². The quantitative estimate of drug-likeness (QED) is 0.319. The number of fused-ring (bicyclic) bond motifs is 1. The van der Waals surface area contributed by atoms with Gasteiger partial charge in [-0.15, -0.1) is 11.3 Å². The normalized spacial score (nSPS) is 13.3. The van der Waals surface area contributed by atoms with Crippen LogP contribution in [0.2, 0.25) is 0 Å². The fourth-order valence-corrected chi connectivity index (χ4v) is 5.28. The molecule has 10 nitrogen and oxygen atoms in total. The second-order valence-corrected chi connectivity index (χ2v) is 9.96. The van der Waals surface area contributed by atoms with E-state index in [1.165, 1.54) is 11.3 Å². The van der Waals surface area contributed by atoms with Crippen LogP contribution in [0.3, 0.4) is 0 Å². The molecule has 0 spiro atoms. The fourth-order valence-electron chi connectivity index (χ4n) is 4.44. The summed E-state index contributed by atoms with van der Waals surface area (Å²) in [5.41, 5.74) is 4.18. The lowest BCUT2D eigenvalue weighted by Gasteiger charge is -2.18. The lowest BCUT2D eigenvalue weighted by Crippen LogP contribution is -2.25. The number of carbonyl (C=O) groups is 1. The first kappa shape index (κ1) is 25.1. The van der Waals surface area contributed by atoms with Crippen molar-refractivity contribution >= 4 is 34.8 Å². The lowest BCUT2D eigenvalue weighted by molar-refractivity contribution is -0.118. The largest absolute Gasteiger partial charge is 0.508 e. The number of nitrogens with one attached hydrogen (secondary N) is 1. The summed E-state index contributed by atoms with van der Waals surface area (Å²) in [5, 5.41) is 19.3. The molecule has 0 aliphatic carbocycles. The van der Waals surface area contributed by atoms with E-state index in [9.17, 15) is 14.7 Å². The molecule has 0 unspecified atom stereocenters. The standard InChI is InChI=1S/C29H24N6O4S/c1-18-27(28(38)35(33(18)2)21-8-4-3-5-9-21)32-29-34(30-15-19-7-6-10-22(36)13-19)24(17-40-29)20-11-12-25-23(14-20)31-26(37)16-39-25/h3-15,17,36H,16H2,1-2H3,(H,31,37)/b30-15-,32-29?. The van der Waals surface area contributed by atoms with Gasteiger partial charge in [0.15, 0.2) is 12.3 Å². The molecule has 0 saturated carbocycles. The molecule has 2 aromatic heterocycles. The smallest absolute Gasteiger partial charge is 0.297 e.